The number of nitrogen functional groups attached to an aromatic ring is 1. The normalized spacial score (nSPS) is 10.8. The molecule has 0 atom stereocenters. The number of nitrogens with two attached hydrogens (primary N) is 1. The number of nitrogens with zero attached hydrogens (tertiary/aromatic N) is 3. The largest absolute Gasteiger partial charge is 0.423 e. The van der Waals surface area contributed by atoms with E-state index in [1.807, 2.05) is 30.3 Å². The van der Waals surface area contributed by atoms with Crippen molar-refractivity contribution >= 4 is 22.8 Å². The Morgan fingerprint density at radius 2 is 2.00 bits per heavy atom. The van der Waals surface area contributed by atoms with E-state index < -0.39 is 0 Å². The first kappa shape index (κ1) is 12.5. The van der Waals surface area contributed by atoms with Crippen molar-refractivity contribution in [3.63, 3.8) is 0 Å². The van der Waals surface area contributed by atoms with Crippen LogP contribution in [0.25, 0.3) is 11.1 Å². The average Bonchev–Trinajstić information content (AvgIpc) is 2.91. The fourth-order valence-electron chi connectivity index (χ4n) is 2.12. The van der Waals surface area contributed by atoms with Crippen LogP contribution in [0.3, 0.4) is 0 Å². The minimum absolute atomic E-state index is 0.595. The van der Waals surface area contributed by atoms with Crippen LogP contribution in [0.1, 0.15) is 12.5 Å². The van der Waals surface area contributed by atoms with Gasteiger partial charge in [0.15, 0.2) is 5.58 Å². The lowest BCUT2D eigenvalue weighted by atomic mass is 10.2. The van der Waals surface area contributed by atoms with Gasteiger partial charge in [-0.05, 0) is 36.8 Å². The van der Waals surface area contributed by atoms with Crippen molar-refractivity contribution in [2.24, 2.45) is 0 Å². The smallest absolute Gasteiger partial charge is 0.298 e. The maximum absolute atomic E-state index is 5.91. The van der Waals surface area contributed by atoms with Gasteiger partial charge in [0.1, 0.15) is 5.52 Å². The Hall–Kier alpha value is -2.56. The molecule has 5 nitrogen and oxygen atoms in total. The average molecular weight is 268 g/mol. The second kappa shape index (κ2) is 5.21. The molecule has 0 amide bonds. The van der Waals surface area contributed by atoms with E-state index in [1.54, 1.807) is 12.4 Å². The third-order valence-corrected chi connectivity index (χ3v) is 3.21. The Bertz CT molecular complexity index is 708. The number of oxazole rings is 1. The quantitative estimate of drug-likeness (QED) is 0.737. The van der Waals surface area contributed by atoms with Gasteiger partial charge >= 0.3 is 0 Å². The Kier molecular flexibility index (Phi) is 3.25. The van der Waals surface area contributed by atoms with E-state index in [-0.39, 0.29) is 0 Å². The molecule has 2 heterocycles. The fraction of sp³-hybridized carbons (Fsp3) is 0.200. The Morgan fingerprint density at radius 1 is 1.20 bits per heavy atom. The summed E-state index contributed by atoms with van der Waals surface area (Å²) < 4.78 is 5.79. The first-order valence-corrected chi connectivity index (χ1v) is 6.57. The molecule has 2 N–H and O–H groups in total. The molecule has 0 unspecified atom stereocenters. The Morgan fingerprint density at radius 3 is 2.70 bits per heavy atom. The highest BCUT2D eigenvalue weighted by Crippen LogP contribution is 2.26. The van der Waals surface area contributed by atoms with Crippen LogP contribution in [0, 0.1) is 0 Å². The molecule has 0 aliphatic carbocycles. The third kappa shape index (κ3) is 2.30. The maximum Gasteiger partial charge on any atom is 0.298 e. The molecule has 0 bridgehead atoms. The topological polar surface area (TPSA) is 68.2 Å². The van der Waals surface area contributed by atoms with E-state index in [2.05, 4.69) is 21.8 Å². The maximum atomic E-state index is 5.91. The van der Waals surface area contributed by atoms with E-state index in [1.165, 1.54) is 0 Å². The molecule has 0 saturated carbocycles. The molecule has 0 aliphatic heterocycles. The number of hydrogen-bond acceptors (Lipinski definition) is 5. The van der Waals surface area contributed by atoms with Crippen LogP contribution in [0.5, 0.6) is 0 Å². The van der Waals surface area contributed by atoms with Crippen LogP contribution in [0.2, 0.25) is 0 Å². The van der Waals surface area contributed by atoms with Crippen molar-refractivity contribution in [3.05, 3.63) is 48.3 Å². The van der Waals surface area contributed by atoms with Gasteiger partial charge in [-0.15, -0.1) is 0 Å². The van der Waals surface area contributed by atoms with Gasteiger partial charge in [-0.25, -0.2) is 0 Å². The highest BCUT2D eigenvalue weighted by atomic mass is 16.4. The van der Waals surface area contributed by atoms with Crippen molar-refractivity contribution in [1.29, 1.82) is 0 Å². The van der Waals surface area contributed by atoms with Gasteiger partial charge in [0.2, 0.25) is 0 Å². The summed E-state index contributed by atoms with van der Waals surface area (Å²) in [5, 5.41) is 0. The van der Waals surface area contributed by atoms with E-state index in [0.29, 0.717) is 17.3 Å². The molecule has 0 aliphatic rings. The second-order valence-electron chi connectivity index (χ2n) is 4.56. The van der Waals surface area contributed by atoms with Crippen molar-refractivity contribution < 1.29 is 4.42 Å². The van der Waals surface area contributed by atoms with Crippen molar-refractivity contribution in [1.82, 2.24) is 9.97 Å². The summed E-state index contributed by atoms with van der Waals surface area (Å²) in [7, 11) is 0. The lowest BCUT2D eigenvalue weighted by molar-refractivity contribution is 0.569. The minimum atomic E-state index is 0.595. The molecular formula is C15H16N4O. The molecule has 0 spiro atoms. The number of para-hydroxylation sites is 1. The van der Waals surface area contributed by atoms with Gasteiger partial charge in [0.25, 0.3) is 6.01 Å². The number of pyridine rings is 1. The van der Waals surface area contributed by atoms with Crippen LogP contribution in [0.4, 0.5) is 11.7 Å². The zero-order valence-corrected chi connectivity index (χ0v) is 11.3. The highest BCUT2D eigenvalue weighted by Gasteiger charge is 2.14. The number of rotatable bonds is 4. The Balaban J connectivity index is 1.93. The van der Waals surface area contributed by atoms with E-state index in [9.17, 15) is 0 Å². The molecule has 5 heteroatoms. The summed E-state index contributed by atoms with van der Waals surface area (Å²) in [5.41, 5.74) is 9.15. The fourth-order valence-corrected chi connectivity index (χ4v) is 2.12. The van der Waals surface area contributed by atoms with Crippen LogP contribution < -0.4 is 10.6 Å². The zero-order valence-electron chi connectivity index (χ0n) is 11.3. The SMILES string of the molecule is CCN(Cc1ccncc1)c1nc2c(N)cccc2o1. The molecule has 3 aromatic rings. The first-order valence-electron chi connectivity index (χ1n) is 6.57. The molecule has 0 saturated heterocycles. The van der Waals surface area contributed by atoms with Gasteiger partial charge < -0.3 is 15.1 Å². The lowest BCUT2D eigenvalue weighted by Crippen LogP contribution is -2.22. The van der Waals surface area contributed by atoms with Crippen LogP contribution in [0.15, 0.2) is 47.1 Å². The minimum Gasteiger partial charge on any atom is -0.423 e. The predicted octanol–water partition coefficient (Wildman–Crippen LogP) is 2.83. The summed E-state index contributed by atoms with van der Waals surface area (Å²) in [6, 6.07) is 10.1. The second-order valence-corrected chi connectivity index (χ2v) is 4.56. The number of benzene rings is 1. The van der Waals surface area contributed by atoms with Crippen LogP contribution >= 0.6 is 0 Å². The molecule has 2 aromatic heterocycles. The van der Waals surface area contributed by atoms with Crippen molar-refractivity contribution in [3.8, 4) is 0 Å². The predicted molar refractivity (Wildman–Crippen MR) is 79.4 cm³/mol. The Labute approximate surface area is 117 Å². The molecule has 0 radical (unpaired) electrons. The molecule has 0 fully saturated rings. The van der Waals surface area contributed by atoms with Crippen molar-refractivity contribution in [2.75, 3.05) is 17.2 Å². The first-order chi connectivity index (χ1) is 9.78. The number of anilines is 2. The summed E-state index contributed by atoms with van der Waals surface area (Å²) in [4.78, 5) is 10.6. The van der Waals surface area contributed by atoms with E-state index >= 15 is 0 Å². The van der Waals surface area contributed by atoms with Crippen molar-refractivity contribution in [2.45, 2.75) is 13.5 Å². The van der Waals surface area contributed by atoms with E-state index in [4.69, 9.17) is 10.2 Å². The summed E-state index contributed by atoms with van der Waals surface area (Å²) in [6.45, 7) is 3.60. The summed E-state index contributed by atoms with van der Waals surface area (Å²) in [5.74, 6) is 0. The number of fused-ring (bicyclic) bond motifs is 1. The molecule has 102 valence electrons. The summed E-state index contributed by atoms with van der Waals surface area (Å²) in [6.07, 6.45) is 3.57. The molecule has 20 heavy (non-hydrogen) atoms. The number of aromatic nitrogens is 2. The molecular weight excluding hydrogens is 252 g/mol. The van der Waals surface area contributed by atoms with Gasteiger partial charge in [-0.3, -0.25) is 4.98 Å². The number of hydrogen-bond donors (Lipinski definition) is 1. The zero-order chi connectivity index (χ0) is 13.9. The van der Waals surface area contributed by atoms with Gasteiger partial charge in [0, 0.05) is 25.5 Å². The monoisotopic (exact) mass is 268 g/mol. The van der Waals surface area contributed by atoms with Crippen LogP contribution in [-0.2, 0) is 6.54 Å². The van der Waals surface area contributed by atoms with Gasteiger partial charge in [-0.1, -0.05) is 6.07 Å². The standard InChI is InChI=1S/C15H16N4O/c1-2-19(10-11-6-8-17-9-7-11)15-18-14-12(16)4-3-5-13(14)20-15/h3-9H,2,10,16H2,1H3. The van der Waals surface area contributed by atoms with E-state index in [0.717, 1.165) is 24.2 Å². The highest BCUT2D eigenvalue weighted by molar-refractivity contribution is 5.86. The van der Waals surface area contributed by atoms with Crippen LogP contribution in [-0.4, -0.2) is 16.5 Å². The van der Waals surface area contributed by atoms with Gasteiger partial charge in [-0.2, -0.15) is 4.98 Å². The van der Waals surface area contributed by atoms with Gasteiger partial charge in [0.05, 0.1) is 5.69 Å². The molecule has 3 rings (SSSR count). The third-order valence-electron chi connectivity index (χ3n) is 3.21. The molecule has 1 aromatic carbocycles. The summed E-state index contributed by atoms with van der Waals surface area (Å²) >= 11 is 0. The lowest BCUT2D eigenvalue weighted by Gasteiger charge is -2.18.